The summed E-state index contributed by atoms with van der Waals surface area (Å²) < 4.78 is 5.39. The molecule has 0 aliphatic rings. The first-order valence-corrected chi connectivity index (χ1v) is 6.13. The van der Waals surface area contributed by atoms with Crippen LogP contribution >= 0.6 is 0 Å². The Bertz CT molecular complexity index is 344. The number of ether oxygens (including phenoxy) is 1. The number of nitrogens with one attached hydrogen (secondary N) is 1. The number of rotatable bonds is 6. The van der Waals surface area contributed by atoms with Gasteiger partial charge in [-0.05, 0) is 30.0 Å². The van der Waals surface area contributed by atoms with E-state index in [1.807, 2.05) is 31.2 Å². The summed E-state index contributed by atoms with van der Waals surface area (Å²) in [4.78, 5) is 11.3. The first kappa shape index (κ1) is 13.6. The normalized spacial score (nSPS) is 10.4. The van der Waals surface area contributed by atoms with Crippen LogP contribution in [0.2, 0.25) is 0 Å². The van der Waals surface area contributed by atoms with Gasteiger partial charge in [0.2, 0.25) is 0 Å². The maximum Gasteiger partial charge on any atom is 0.257 e. The molecule has 1 aromatic rings. The summed E-state index contributed by atoms with van der Waals surface area (Å²) >= 11 is 0. The van der Waals surface area contributed by atoms with Crippen molar-refractivity contribution in [1.82, 2.24) is 5.32 Å². The Kier molecular flexibility index (Phi) is 5.53. The molecule has 1 N–H and O–H groups in total. The molecule has 17 heavy (non-hydrogen) atoms. The highest BCUT2D eigenvalue weighted by atomic mass is 16.5. The molecule has 1 aromatic carbocycles. The third-order valence-electron chi connectivity index (χ3n) is 2.49. The lowest BCUT2D eigenvalue weighted by molar-refractivity contribution is -0.123. The Hall–Kier alpha value is -1.51. The molecule has 0 unspecified atom stereocenters. The van der Waals surface area contributed by atoms with Crippen LogP contribution in [0.5, 0.6) is 5.75 Å². The van der Waals surface area contributed by atoms with E-state index in [4.69, 9.17) is 4.74 Å². The summed E-state index contributed by atoms with van der Waals surface area (Å²) in [6.45, 7) is 7.10. The molecular formula is C14H21NO2. The van der Waals surface area contributed by atoms with Crippen molar-refractivity contribution in [3.63, 3.8) is 0 Å². The zero-order valence-electron chi connectivity index (χ0n) is 10.8. The summed E-state index contributed by atoms with van der Waals surface area (Å²) in [5.74, 6) is 1.18. The summed E-state index contributed by atoms with van der Waals surface area (Å²) in [6, 6.07) is 7.87. The number of benzene rings is 1. The van der Waals surface area contributed by atoms with Crippen LogP contribution in [0.1, 0.15) is 38.7 Å². The highest BCUT2D eigenvalue weighted by Crippen LogP contribution is 2.18. The lowest BCUT2D eigenvalue weighted by atomic mass is 10.0. The molecule has 0 spiro atoms. The Morgan fingerprint density at radius 1 is 1.29 bits per heavy atom. The number of carbonyl (C=O) groups is 1. The molecule has 0 heterocycles. The maximum absolute atomic E-state index is 11.3. The Morgan fingerprint density at radius 3 is 2.47 bits per heavy atom. The highest BCUT2D eigenvalue weighted by Gasteiger charge is 2.02. The molecule has 1 amide bonds. The van der Waals surface area contributed by atoms with Crippen LogP contribution in [0.4, 0.5) is 0 Å². The van der Waals surface area contributed by atoms with Crippen LogP contribution in [0.3, 0.4) is 0 Å². The minimum atomic E-state index is -0.0696. The van der Waals surface area contributed by atoms with Gasteiger partial charge in [0.25, 0.3) is 5.91 Å². The van der Waals surface area contributed by atoms with E-state index in [1.165, 1.54) is 5.56 Å². The third-order valence-corrected chi connectivity index (χ3v) is 2.49. The molecule has 0 radical (unpaired) electrons. The van der Waals surface area contributed by atoms with Crippen molar-refractivity contribution in [1.29, 1.82) is 0 Å². The molecule has 0 aliphatic carbocycles. The fourth-order valence-corrected chi connectivity index (χ4v) is 1.41. The topological polar surface area (TPSA) is 38.3 Å². The number of hydrogen-bond acceptors (Lipinski definition) is 2. The largest absolute Gasteiger partial charge is 0.484 e. The lowest BCUT2D eigenvalue weighted by Gasteiger charge is -2.09. The summed E-state index contributed by atoms with van der Waals surface area (Å²) in [6.07, 6.45) is 0.939. The molecule has 0 aromatic heterocycles. The number of carbonyl (C=O) groups excluding carboxylic acids is 1. The molecule has 3 nitrogen and oxygen atoms in total. The number of amides is 1. The van der Waals surface area contributed by atoms with Crippen molar-refractivity contribution in [3.05, 3.63) is 29.8 Å². The zero-order valence-corrected chi connectivity index (χ0v) is 10.8. The van der Waals surface area contributed by atoms with Gasteiger partial charge in [0.05, 0.1) is 0 Å². The van der Waals surface area contributed by atoms with E-state index in [9.17, 15) is 4.79 Å². The van der Waals surface area contributed by atoms with Crippen molar-refractivity contribution in [2.24, 2.45) is 0 Å². The number of hydrogen-bond donors (Lipinski definition) is 1. The molecule has 3 heteroatoms. The SMILES string of the molecule is CCCNC(=O)COc1ccc(C(C)C)cc1. The first-order chi connectivity index (χ1) is 8.13. The molecule has 0 aliphatic heterocycles. The highest BCUT2D eigenvalue weighted by molar-refractivity contribution is 5.77. The van der Waals surface area contributed by atoms with Crippen molar-refractivity contribution >= 4 is 5.91 Å². The van der Waals surface area contributed by atoms with E-state index in [0.717, 1.165) is 12.2 Å². The van der Waals surface area contributed by atoms with Crippen molar-refractivity contribution in [2.75, 3.05) is 13.2 Å². The predicted octanol–water partition coefficient (Wildman–Crippen LogP) is 2.72. The summed E-state index contributed by atoms with van der Waals surface area (Å²) in [5, 5.41) is 2.77. The first-order valence-electron chi connectivity index (χ1n) is 6.13. The van der Waals surface area contributed by atoms with Crippen LogP contribution in [-0.4, -0.2) is 19.1 Å². The summed E-state index contributed by atoms with van der Waals surface area (Å²) in [5.41, 5.74) is 1.27. The zero-order chi connectivity index (χ0) is 12.7. The minimum Gasteiger partial charge on any atom is -0.484 e. The van der Waals surface area contributed by atoms with Gasteiger partial charge in [-0.1, -0.05) is 32.9 Å². The van der Waals surface area contributed by atoms with Gasteiger partial charge >= 0.3 is 0 Å². The van der Waals surface area contributed by atoms with E-state index in [-0.39, 0.29) is 12.5 Å². The molecule has 0 fully saturated rings. The van der Waals surface area contributed by atoms with E-state index < -0.39 is 0 Å². The van der Waals surface area contributed by atoms with Crippen LogP contribution in [-0.2, 0) is 4.79 Å². The molecule has 0 bridgehead atoms. The maximum atomic E-state index is 11.3. The van der Waals surface area contributed by atoms with Crippen LogP contribution in [0, 0.1) is 0 Å². The van der Waals surface area contributed by atoms with Crippen molar-refractivity contribution in [2.45, 2.75) is 33.1 Å². The van der Waals surface area contributed by atoms with E-state index >= 15 is 0 Å². The Morgan fingerprint density at radius 2 is 1.94 bits per heavy atom. The van der Waals surface area contributed by atoms with Crippen LogP contribution in [0.15, 0.2) is 24.3 Å². The van der Waals surface area contributed by atoms with Crippen molar-refractivity contribution < 1.29 is 9.53 Å². The molecule has 0 atom stereocenters. The smallest absolute Gasteiger partial charge is 0.257 e. The predicted molar refractivity (Wildman–Crippen MR) is 69.3 cm³/mol. The third kappa shape index (κ3) is 4.89. The molecule has 0 saturated heterocycles. The molecule has 0 saturated carbocycles. The van der Waals surface area contributed by atoms with Gasteiger partial charge in [-0.2, -0.15) is 0 Å². The van der Waals surface area contributed by atoms with E-state index in [1.54, 1.807) is 0 Å². The van der Waals surface area contributed by atoms with Gasteiger partial charge in [0.1, 0.15) is 5.75 Å². The van der Waals surface area contributed by atoms with Gasteiger partial charge in [-0.25, -0.2) is 0 Å². The van der Waals surface area contributed by atoms with Gasteiger partial charge in [-0.3, -0.25) is 4.79 Å². The molecule has 94 valence electrons. The second-order valence-corrected chi connectivity index (χ2v) is 4.36. The minimum absolute atomic E-state index is 0.0696. The van der Waals surface area contributed by atoms with Gasteiger partial charge in [0.15, 0.2) is 6.61 Å². The lowest BCUT2D eigenvalue weighted by Crippen LogP contribution is -2.29. The fourth-order valence-electron chi connectivity index (χ4n) is 1.41. The summed E-state index contributed by atoms with van der Waals surface area (Å²) in [7, 11) is 0. The fraction of sp³-hybridized carbons (Fsp3) is 0.500. The van der Waals surface area contributed by atoms with Crippen molar-refractivity contribution in [3.8, 4) is 5.75 Å². The van der Waals surface area contributed by atoms with Crippen LogP contribution in [0.25, 0.3) is 0 Å². The Balaban J connectivity index is 2.39. The van der Waals surface area contributed by atoms with E-state index in [2.05, 4.69) is 19.2 Å². The monoisotopic (exact) mass is 235 g/mol. The second kappa shape index (κ2) is 6.94. The molecule has 1 rings (SSSR count). The average Bonchev–Trinajstić information content (AvgIpc) is 2.34. The van der Waals surface area contributed by atoms with Crippen LogP contribution < -0.4 is 10.1 Å². The van der Waals surface area contributed by atoms with E-state index in [0.29, 0.717) is 12.5 Å². The second-order valence-electron chi connectivity index (χ2n) is 4.36. The van der Waals surface area contributed by atoms with Gasteiger partial charge < -0.3 is 10.1 Å². The van der Waals surface area contributed by atoms with Gasteiger partial charge in [-0.15, -0.1) is 0 Å². The quantitative estimate of drug-likeness (QED) is 0.823. The average molecular weight is 235 g/mol. The standard InChI is InChI=1S/C14H21NO2/c1-4-9-15-14(16)10-17-13-7-5-12(6-8-13)11(2)3/h5-8,11H,4,9-10H2,1-3H3,(H,15,16). The molecular weight excluding hydrogens is 214 g/mol. The Labute approximate surface area is 103 Å². The van der Waals surface area contributed by atoms with Gasteiger partial charge in [0, 0.05) is 6.54 Å².